The summed E-state index contributed by atoms with van der Waals surface area (Å²) in [5.74, 6) is 0. The molecule has 0 aliphatic rings. The van der Waals surface area contributed by atoms with Crippen LogP contribution in [0.4, 0.5) is 17.1 Å². The quantitative estimate of drug-likeness (QED) is 0.708. The molecular formula is C12H13IN2. The molecule has 0 radical (unpaired) electrons. The van der Waals surface area contributed by atoms with Crippen LogP contribution in [-0.4, -0.2) is 0 Å². The van der Waals surface area contributed by atoms with Gasteiger partial charge in [0.2, 0.25) is 0 Å². The van der Waals surface area contributed by atoms with E-state index in [1.807, 2.05) is 54.6 Å². The van der Waals surface area contributed by atoms with Gasteiger partial charge in [-0.2, -0.15) is 0 Å². The zero-order valence-corrected chi connectivity index (χ0v) is 10.4. The Bertz CT molecular complexity index is 398. The highest BCUT2D eigenvalue weighted by molar-refractivity contribution is 5.60. The van der Waals surface area contributed by atoms with Crippen LogP contribution in [0.1, 0.15) is 0 Å². The number of hydrogen-bond donors (Lipinski definition) is 2. The summed E-state index contributed by atoms with van der Waals surface area (Å²) in [5.41, 5.74) is 7.06. The highest BCUT2D eigenvalue weighted by atomic mass is 127. The van der Waals surface area contributed by atoms with Crippen LogP contribution in [0.3, 0.4) is 0 Å². The molecule has 2 aromatic rings. The Morgan fingerprint density at radius 3 is 1.87 bits per heavy atom. The van der Waals surface area contributed by atoms with Crippen LogP contribution in [0, 0.1) is 0 Å². The van der Waals surface area contributed by atoms with Crippen molar-refractivity contribution in [2.24, 2.45) is 0 Å². The first-order valence-corrected chi connectivity index (χ1v) is 4.59. The predicted molar refractivity (Wildman–Crippen MR) is 58.7 cm³/mol. The average molecular weight is 312 g/mol. The van der Waals surface area contributed by atoms with Crippen molar-refractivity contribution in [3.05, 3.63) is 54.6 Å². The number of nitrogens with one attached hydrogen (secondary N) is 1. The van der Waals surface area contributed by atoms with E-state index in [0.717, 1.165) is 17.1 Å². The van der Waals surface area contributed by atoms with E-state index >= 15 is 0 Å². The van der Waals surface area contributed by atoms with Crippen molar-refractivity contribution >= 4 is 17.1 Å². The van der Waals surface area contributed by atoms with Gasteiger partial charge >= 0.3 is 0 Å². The Labute approximate surface area is 107 Å². The number of benzene rings is 2. The van der Waals surface area contributed by atoms with Gasteiger partial charge in [-0.15, -0.1) is 0 Å². The molecule has 0 aliphatic carbocycles. The molecule has 2 rings (SSSR count). The largest absolute Gasteiger partial charge is 1.00 e. The number of halogens is 1. The number of hydrogen-bond acceptors (Lipinski definition) is 1. The Balaban J connectivity index is 0.00000112. The molecule has 78 valence electrons. The van der Waals surface area contributed by atoms with E-state index in [9.17, 15) is 0 Å². The van der Waals surface area contributed by atoms with Gasteiger partial charge in [-0.25, -0.2) is 0 Å². The lowest BCUT2D eigenvalue weighted by atomic mass is 10.2. The van der Waals surface area contributed by atoms with Crippen molar-refractivity contribution in [2.75, 3.05) is 5.32 Å². The minimum atomic E-state index is 0. The normalized spacial score (nSPS) is 9.13. The maximum Gasteiger partial charge on any atom is 0.128 e. The van der Waals surface area contributed by atoms with Crippen molar-refractivity contribution in [3.8, 4) is 0 Å². The van der Waals surface area contributed by atoms with Crippen molar-refractivity contribution in [3.63, 3.8) is 0 Å². The topological polar surface area (TPSA) is 39.7 Å². The lowest BCUT2D eigenvalue weighted by molar-refractivity contribution is -0.254. The van der Waals surface area contributed by atoms with Gasteiger partial charge in [0.05, 0.1) is 0 Å². The van der Waals surface area contributed by atoms with Gasteiger partial charge in [0.1, 0.15) is 5.69 Å². The van der Waals surface area contributed by atoms with Gasteiger partial charge in [-0.1, -0.05) is 18.2 Å². The summed E-state index contributed by atoms with van der Waals surface area (Å²) in [7, 11) is 0. The summed E-state index contributed by atoms with van der Waals surface area (Å²) in [6.45, 7) is 0. The number of rotatable bonds is 2. The van der Waals surface area contributed by atoms with Gasteiger partial charge in [0, 0.05) is 23.5 Å². The van der Waals surface area contributed by atoms with Gasteiger partial charge in [-0.05, 0) is 24.3 Å². The summed E-state index contributed by atoms with van der Waals surface area (Å²) in [6, 6.07) is 18.1. The molecule has 0 aliphatic heterocycles. The van der Waals surface area contributed by atoms with Gasteiger partial charge in [-0.3, -0.25) is 0 Å². The molecule has 2 nitrogen and oxygen atoms in total. The highest BCUT2D eigenvalue weighted by Gasteiger charge is 1.93. The molecule has 2 aromatic carbocycles. The minimum absolute atomic E-state index is 0. The third-order valence-corrected chi connectivity index (χ3v) is 2.02. The third-order valence-electron chi connectivity index (χ3n) is 2.02. The lowest BCUT2D eigenvalue weighted by Crippen LogP contribution is -3.00. The second kappa shape index (κ2) is 5.72. The van der Waals surface area contributed by atoms with Crippen molar-refractivity contribution < 1.29 is 29.7 Å². The van der Waals surface area contributed by atoms with E-state index < -0.39 is 0 Å². The lowest BCUT2D eigenvalue weighted by Gasteiger charge is -2.04. The van der Waals surface area contributed by atoms with Crippen LogP contribution in [0.25, 0.3) is 0 Å². The van der Waals surface area contributed by atoms with Crippen LogP contribution in [0.15, 0.2) is 54.6 Å². The Morgan fingerprint density at radius 1 is 0.733 bits per heavy atom. The zero-order chi connectivity index (χ0) is 9.80. The smallest absolute Gasteiger partial charge is 0.128 e. The fourth-order valence-corrected chi connectivity index (χ4v) is 1.28. The summed E-state index contributed by atoms with van der Waals surface area (Å²) in [4.78, 5) is 0. The number of quaternary nitrogens is 1. The van der Waals surface area contributed by atoms with Gasteiger partial charge < -0.3 is 35.0 Å². The van der Waals surface area contributed by atoms with Crippen LogP contribution < -0.4 is 35.0 Å². The fourth-order valence-electron chi connectivity index (χ4n) is 1.28. The highest BCUT2D eigenvalue weighted by Crippen LogP contribution is 2.16. The van der Waals surface area contributed by atoms with Gasteiger partial charge in [0.25, 0.3) is 0 Å². The first-order valence-electron chi connectivity index (χ1n) is 4.59. The van der Waals surface area contributed by atoms with Crippen LogP contribution in [-0.2, 0) is 0 Å². The van der Waals surface area contributed by atoms with E-state index in [0.29, 0.717) is 0 Å². The number of anilines is 2. The van der Waals surface area contributed by atoms with E-state index in [1.54, 1.807) is 0 Å². The maximum atomic E-state index is 3.84. The van der Waals surface area contributed by atoms with Crippen molar-refractivity contribution in [1.82, 2.24) is 0 Å². The molecule has 3 heteroatoms. The standard InChI is InChI=1S/C12H12N2.HI/c13-10-6-8-12(9-7-10)14-11-4-2-1-3-5-11;/h1-9,14H,13H2;1H. The fraction of sp³-hybridized carbons (Fsp3) is 0. The SMILES string of the molecule is [I-].[NH3+]c1ccc(Nc2ccccc2)cc1. The van der Waals surface area contributed by atoms with E-state index in [1.165, 1.54) is 0 Å². The minimum Gasteiger partial charge on any atom is -1.00 e. The second-order valence-electron chi connectivity index (χ2n) is 3.19. The Hall–Kier alpha value is -1.07. The molecule has 0 bridgehead atoms. The molecular weight excluding hydrogens is 299 g/mol. The summed E-state index contributed by atoms with van der Waals surface area (Å²) >= 11 is 0. The van der Waals surface area contributed by atoms with Crippen LogP contribution in [0.2, 0.25) is 0 Å². The first kappa shape index (κ1) is 12.0. The van der Waals surface area contributed by atoms with E-state index in [4.69, 9.17) is 0 Å². The molecule has 0 atom stereocenters. The molecule has 0 amide bonds. The monoisotopic (exact) mass is 312 g/mol. The van der Waals surface area contributed by atoms with Crippen molar-refractivity contribution in [2.45, 2.75) is 0 Å². The predicted octanol–water partition coefficient (Wildman–Crippen LogP) is -0.692. The first-order chi connectivity index (χ1) is 6.84. The molecule has 0 fully saturated rings. The number of para-hydroxylation sites is 1. The molecule has 0 heterocycles. The molecule has 15 heavy (non-hydrogen) atoms. The van der Waals surface area contributed by atoms with Crippen LogP contribution >= 0.6 is 0 Å². The Kier molecular flexibility index (Phi) is 4.58. The second-order valence-corrected chi connectivity index (χ2v) is 3.19. The van der Waals surface area contributed by atoms with Gasteiger partial charge in [0.15, 0.2) is 0 Å². The Morgan fingerprint density at radius 2 is 1.27 bits per heavy atom. The summed E-state index contributed by atoms with van der Waals surface area (Å²) < 4.78 is 0. The third kappa shape index (κ3) is 3.53. The molecule has 0 spiro atoms. The molecule has 0 saturated heterocycles. The molecule has 0 saturated carbocycles. The van der Waals surface area contributed by atoms with Crippen LogP contribution in [0.5, 0.6) is 0 Å². The maximum absolute atomic E-state index is 3.84. The van der Waals surface area contributed by atoms with Crippen molar-refractivity contribution in [1.29, 1.82) is 0 Å². The molecule has 4 N–H and O–H groups in total. The molecule has 0 aromatic heterocycles. The van der Waals surface area contributed by atoms with E-state index in [-0.39, 0.29) is 24.0 Å². The average Bonchev–Trinajstić information content (AvgIpc) is 2.23. The summed E-state index contributed by atoms with van der Waals surface area (Å²) in [5, 5.41) is 3.30. The summed E-state index contributed by atoms with van der Waals surface area (Å²) in [6.07, 6.45) is 0. The molecule has 0 unspecified atom stereocenters. The zero-order valence-electron chi connectivity index (χ0n) is 8.28. The van der Waals surface area contributed by atoms with E-state index in [2.05, 4.69) is 11.1 Å².